The molecule has 0 aromatic rings. The number of hydrogen-bond acceptors (Lipinski definition) is 3. The molecule has 0 aromatic heterocycles. The van der Waals surface area contributed by atoms with Gasteiger partial charge < -0.3 is 4.74 Å². The number of rotatable bonds is 2. The Kier molecular flexibility index (Phi) is 3.40. The predicted octanol–water partition coefficient (Wildman–Crippen LogP) is 0.548. The van der Waals surface area contributed by atoms with E-state index in [2.05, 4.69) is 25.3 Å². The fourth-order valence-corrected chi connectivity index (χ4v) is 2.78. The molecule has 0 aromatic carbocycles. The highest BCUT2D eigenvalue weighted by Gasteiger charge is 2.49. The van der Waals surface area contributed by atoms with Crippen molar-refractivity contribution in [2.45, 2.75) is 24.7 Å². The van der Waals surface area contributed by atoms with Gasteiger partial charge in [-0.1, -0.05) is 6.92 Å². The molecule has 1 heterocycles. The third-order valence-corrected chi connectivity index (χ3v) is 3.78. The van der Waals surface area contributed by atoms with Crippen molar-refractivity contribution in [2.75, 3.05) is 11.5 Å². The minimum atomic E-state index is -0.885. The van der Waals surface area contributed by atoms with Crippen LogP contribution in [0.4, 0.5) is 4.39 Å². The predicted molar refractivity (Wildman–Crippen MR) is 57.9 cm³/mol. The van der Waals surface area contributed by atoms with Gasteiger partial charge in [-0.15, -0.1) is 0 Å². The average Bonchev–Trinajstić information content (AvgIpc) is 2.30. The van der Waals surface area contributed by atoms with E-state index in [0.29, 0.717) is 11.5 Å². The monoisotopic (exact) mass is 208 g/mol. The van der Waals surface area contributed by atoms with Gasteiger partial charge >= 0.3 is 0 Å². The van der Waals surface area contributed by atoms with Crippen molar-refractivity contribution in [3.05, 3.63) is 0 Å². The van der Waals surface area contributed by atoms with Crippen LogP contribution in [-0.4, -0.2) is 37.1 Å². The van der Waals surface area contributed by atoms with Crippen molar-refractivity contribution >= 4 is 33.1 Å². The molecule has 1 rings (SSSR count). The zero-order valence-corrected chi connectivity index (χ0v) is 9.12. The largest absolute Gasteiger partial charge is 0.376 e. The third kappa shape index (κ3) is 1.51. The van der Waals surface area contributed by atoms with E-state index in [1.54, 1.807) is 7.85 Å². The number of ether oxygens (including phenoxy) is 1. The fourth-order valence-electron chi connectivity index (χ4n) is 1.65. The zero-order valence-electron chi connectivity index (χ0n) is 7.33. The summed E-state index contributed by atoms with van der Waals surface area (Å²) in [6.45, 7) is 1.86. The number of thiol groups is 2. The molecule has 5 heteroatoms. The molecule has 70 valence electrons. The molecule has 0 saturated carbocycles. The summed E-state index contributed by atoms with van der Waals surface area (Å²) in [5.41, 5.74) is -0.467. The van der Waals surface area contributed by atoms with Crippen LogP contribution in [0.5, 0.6) is 0 Å². The second-order valence-electron chi connectivity index (χ2n) is 3.44. The first-order valence-electron chi connectivity index (χ1n) is 4.11. The van der Waals surface area contributed by atoms with Crippen LogP contribution in [0.15, 0.2) is 0 Å². The minimum Gasteiger partial charge on any atom is -0.376 e. The van der Waals surface area contributed by atoms with Gasteiger partial charge in [-0.25, -0.2) is 4.39 Å². The molecular formula is C7H14BFOS2. The molecule has 1 saturated heterocycles. The topological polar surface area (TPSA) is 9.23 Å². The van der Waals surface area contributed by atoms with Crippen LogP contribution in [0.3, 0.4) is 0 Å². The van der Waals surface area contributed by atoms with Crippen LogP contribution >= 0.6 is 25.3 Å². The van der Waals surface area contributed by atoms with Crippen molar-refractivity contribution in [1.82, 2.24) is 0 Å². The molecular weight excluding hydrogens is 194 g/mol. The van der Waals surface area contributed by atoms with Gasteiger partial charge in [0.1, 0.15) is 14.0 Å². The molecule has 0 aliphatic carbocycles. The Hall–Kier alpha value is 0.655. The highest BCUT2D eigenvalue weighted by Crippen LogP contribution is 2.38. The molecule has 1 nitrogen and oxygen atoms in total. The lowest BCUT2D eigenvalue weighted by atomic mass is 9.85. The summed E-state index contributed by atoms with van der Waals surface area (Å²) in [6, 6.07) is -0.320. The smallest absolute Gasteiger partial charge is 0.143 e. The summed E-state index contributed by atoms with van der Waals surface area (Å²) in [7, 11) is 1.76. The van der Waals surface area contributed by atoms with Crippen molar-refractivity contribution in [3.8, 4) is 0 Å². The molecule has 0 radical (unpaired) electrons. The summed E-state index contributed by atoms with van der Waals surface area (Å²) in [6.07, 6.45) is -0.885. The Balaban J connectivity index is 2.79. The Bertz CT molecular complexity index is 165. The fraction of sp³-hybridized carbons (Fsp3) is 1.00. The average molecular weight is 208 g/mol. The van der Waals surface area contributed by atoms with Gasteiger partial charge in [-0.2, -0.15) is 25.3 Å². The van der Waals surface area contributed by atoms with Gasteiger partial charge in [0.25, 0.3) is 0 Å². The van der Waals surface area contributed by atoms with Crippen LogP contribution in [0.2, 0.25) is 0 Å². The Morgan fingerprint density at radius 3 is 2.17 bits per heavy atom. The molecule has 0 bridgehead atoms. The van der Waals surface area contributed by atoms with Crippen molar-refractivity contribution in [3.63, 3.8) is 0 Å². The van der Waals surface area contributed by atoms with Gasteiger partial charge in [-0.3, -0.25) is 0 Å². The standard InChI is InChI=1S/C7H14BFOS2/c1-4-5(9)6(8)10-7(4,2-11)3-12/h4-6,11-12H,2-3,8H2,1H3/t4?,5-,6+/m0/s1. The van der Waals surface area contributed by atoms with Crippen LogP contribution in [-0.2, 0) is 4.74 Å². The minimum absolute atomic E-state index is 0.109. The summed E-state index contributed by atoms with van der Waals surface area (Å²) in [4.78, 5) is 0. The van der Waals surface area contributed by atoms with Gasteiger partial charge in [-0.05, 0) is 0 Å². The number of halogens is 1. The van der Waals surface area contributed by atoms with Gasteiger partial charge in [0.15, 0.2) is 0 Å². The first-order chi connectivity index (χ1) is 5.57. The van der Waals surface area contributed by atoms with Crippen LogP contribution < -0.4 is 0 Å². The van der Waals surface area contributed by atoms with Crippen molar-refractivity contribution in [2.24, 2.45) is 5.92 Å². The summed E-state index contributed by atoms with van der Waals surface area (Å²) in [5, 5.41) is 0. The molecule has 0 N–H and O–H groups in total. The second-order valence-corrected chi connectivity index (χ2v) is 4.07. The second kappa shape index (κ2) is 3.80. The Morgan fingerprint density at radius 2 is 2.00 bits per heavy atom. The Morgan fingerprint density at radius 1 is 1.50 bits per heavy atom. The molecule has 1 unspecified atom stereocenters. The van der Waals surface area contributed by atoms with E-state index in [-0.39, 0.29) is 11.9 Å². The van der Waals surface area contributed by atoms with Gasteiger partial charge in [0, 0.05) is 17.4 Å². The summed E-state index contributed by atoms with van der Waals surface area (Å²) in [5.74, 6) is 0.952. The van der Waals surface area contributed by atoms with E-state index in [0.717, 1.165) is 0 Å². The van der Waals surface area contributed by atoms with Gasteiger partial charge in [0.05, 0.1) is 11.6 Å². The SMILES string of the molecule is B[C@@H]1OC(CS)(CS)C(C)[C@@H]1F. The first-order valence-corrected chi connectivity index (χ1v) is 5.37. The van der Waals surface area contributed by atoms with Crippen LogP contribution in [0, 0.1) is 5.92 Å². The lowest BCUT2D eigenvalue weighted by Crippen LogP contribution is -2.40. The first kappa shape index (κ1) is 10.7. The van der Waals surface area contributed by atoms with Gasteiger partial charge in [0.2, 0.25) is 0 Å². The molecule has 0 amide bonds. The van der Waals surface area contributed by atoms with Crippen LogP contribution in [0.1, 0.15) is 6.92 Å². The summed E-state index contributed by atoms with van der Waals surface area (Å²) >= 11 is 8.36. The molecule has 1 fully saturated rings. The van der Waals surface area contributed by atoms with E-state index >= 15 is 0 Å². The van der Waals surface area contributed by atoms with E-state index in [1.165, 1.54) is 0 Å². The molecule has 0 spiro atoms. The highest BCUT2D eigenvalue weighted by molar-refractivity contribution is 7.81. The van der Waals surface area contributed by atoms with Crippen LogP contribution in [0.25, 0.3) is 0 Å². The highest BCUT2D eigenvalue weighted by atomic mass is 32.1. The summed E-state index contributed by atoms with van der Waals surface area (Å²) < 4.78 is 18.9. The number of hydrogen-bond donors (Lipinski definition) is 2. The van der Waals surface area contributed by atoms with E-state index in [9.17, 15) is 4.39 Å². The van der Waals surface area contributed by atoms with E-state index in [1.807, 2.05) is 6.92 Å². The van der Waals surface area contributed by atoms with Crippen molar-refractivity contribution < 1.29 is 9.13 Å². The quantitative estimate of drug-likeness (QED) is 0.497. The van der Waals surface area contributed by atoms with E-state index in [4.69, 9.17) is 4.74 Å². The van der Waals surface area contributed by atoms with E-state index < -0.39 is 11.8 Å². The molecule has 3 atom stereocenters. The third-order valence-electron chi connectivity index (χ3n) is 2.71. The molecule has 1 aliphatic rings. The maximum atomic E-state index is 13.4. The lowest BCUT2D eigenvalue weighted by Gasteiger charge is -2.29. The number of alkyl halides is 1. The normalized spacial score (nSPS) is 40.2. The molecule has 12 heavy (non-hydrogen) atoms. The maximum Gasteiger partial charge on any atom is 0.143 e. The Labute approximate surface area is 84.7 Å². The maximum absolute atomic E-state index is 13.4. The van der Waals surface area contributed by atoms with Crippen molar-refractivity contribution in [1.29, 1.82) is 0 Å². The lowest BCUT2D eigenvalue weighted by molar-refractivity contribution is 0.00768. The molecule has 1 aliphatic heterocycles. The zero-order chi connectivity index (χ0) is 9.35.